The SMILES string of the molecule is C[C@@H](NS(C)(=O)=O)c1ccc(CCCCOc2ccccc2C#N)cc1.Cl. The number of hydrogen-bond donors (Lipinski definition) is 1. The molecule has 0 aliphatic rings. The molecular weight excluding hydrogens is 384 g/mol. The lowest BCUT2D eigenvalue weighted by Gasteiger charge is -2.13. The highest BCUT2D eigenvalue weighted by Crippen LogP contribution is 2.18. The lowest BCUT2D eigenvalue weighted by Crippen LogP contribution is -2.25. The van der Waals surface area contributed by atoms with Crippen molar-refractivity contribution in [3.63, 3.8) is 0 Å². The molecule has 0 saturated carbocycles. The molecule has 0 aliphatic heterocycles. The zero-order valence-corrected chi connectivity index (χ0v) is 17.1. The van der Waals surface area contributed by atoms with E-state index >= 15 is 0 Å². The standard InChI is InChI=1S/C20H24N2O3S.ClH/c1-16(22-26(2,23)24)18-12-10-17(11-13-18)7-5-6-14-25-20-9-4-3-8-19(20)15-21;/h3-4,8-13,16,22H,5-7,14H2,1-2H3;1H/t16-;/m1./s1. The van der Waals surface area contributed by atoms with Gasteiger partial charge in [-0.3, -0.25) is 0 Å². The van der Waals surface area contributed by atoms with Crippen molar-refractivity contribution in [2.75, 3.05) is 12.9 Å². The number of nitrogens with one attached hydrogen (secondary N) is 1. The number of rotatable bonds is 9. The first-order valence-electron chi connectivity index (χ1n) is 8.57. The van der Waals surface area contributed by atoms with Gasteiger partial charge in [0.25, 0.3) is 0 Å². The Labute approximate surface area is 167 Å². The zero-order valence-electron chi connectivity index (χ0n) is 15.5. The average molecular weight is 409 g/mol. The number of para-hydroxylation sites is 1. The van der Waals surface area contributed by atoms with Gasteiger partial charge in [-0.2, -0.15) is 5.26 Å². The van der Waals surface area contributed by atoms with Gasteiger partial charge in [0.2, 0.25) is 10.0 Å². The quantitative estimate of drug-likeness (QED) is 0.636. The lowest BCUT2D eigenvalue weighted by molar-refractivity contribution is 0.306. The van der Waals surface area contributed by atoms with Gasteiger partial charge in [-0.15, -0.1) is 12.4 Å². The fourth-order valence-corrected chi connectivity index (χ4v) is 3.44. The van der Waals surface area contributed by atoms with Crippen molar-refractivity contribution in [3.05, 3.63) is 65.2 Å². The highest BCUT2D eigenvalue weighted by Gasteiger charge is 2.10. The van der Waals surface area contributed by atoms with E-state index in [9.17, 15) is 8.42 Å². The summed E-state index contributed by atoms with van der Waals surface area (Å²) in [4.78, 5) is 0. The summed E-state index contributed by atoms with van der Waals surface area (Å²) < 4.78 is 30.8. The van der Waals surface area contributed by atoms with Crippen LogP contribution in [0.15, 0.2) is 48.5 Å². The molecule has 5 nitrogen and oxygen atoms in total. The van der Waals surface area contributed by atoms with E-state index in [-0.39, 0.29) is 18.4 Å². The Hall–Kier alpha value is -2.07. The van der Waals surface area contributed by atoms with Gasteiger partial charge < -0.3 is 4.74 Å². The maximum atomic E-state index is 11.3. The first kappa shape index (κ1) is 23.0. The fraction of sp³-hybridized carbons (Fsp3) is 0.350. The van der Waals surface area contributed by atoms with Crippen molar-refractivity contribution < 1.29 is 13.2 Å². The minimum Gasteiger partial charge on any atom is -0.492 e. The van der Waals surface area contributed by atoms with E-state index in [2.05, 4.69) is 10.8 Å². The van der Waals surface area contributed by atoms with Gasteiger partial charge in [-0.25, -0.2) is 13.1 Å². The fourth-order valence-electron chi connectivity index (χ4n) is 2.66. The van der Waals surface area contributed by atoms with Crippen molar-refractivity contribution in [2.45, 2.75) is 32.2 Å². The maximum absolute atomic E-state index is 11.3. The molecule has 0 amide bonds. The number of sulfonamides is 1. The van der Waals surface area contributed by atoms with Gasteiger partial charge in [-0.05, 0) is 49.4 Å². The molecule has 2 rings (SSSR count). The third-order valence-electron chi connectivity index (χ3n) is 4.00. The monoisotopic (exact) mass is 408 g/mol. The van der Waals surface area contributed by atoms with E-state index < -0.39 is 10.0 Å². The van der Waals surface area contributed by atoms with Crippen LogP contribution in [0.3, 0.4) is 0 Å². The van der Waals surface area contributed by atoms with Gasteiger partial charge in [0.15, 0.2) is 0 Å². The van der Waals surface area contributed by atoms with Gasteiger partial charge in [0.1, 0.15) is 11.8 Å². The Kier molecular flexibility index (Phi) is 9.30. The van der Waals surface area contributed by atoms with Crippen molar-refractivity contribution in [1.29, 1.82) is 5.26 Å². The molecule has 7 heteroatoms. The topological polar surface area (TPSA) is 79.2 Å². The number of hydrogen-bond acceptors (Lipinski definition) is 4. The number of ether oxygens (including phenoxy) is 1. The minimum absolute atomic E-state index is 0. The Morgan fingerprint density at radius 2 is 1.78 bits per heavy atom. The molecule has 0 spiro atoms. The average Bonchev–Trinajstić information content (AvgIpc) is 2.61. The van der Waals surface area contributed by atoms with Crippen LogP contribution in [0.2, 0.25) is 0 Å². The highest BCUT2D eigenvalue weighted by atomic mass is 35.5. The van der Waals surface area contributed by atoms with Crippen molar-refractivity contribution in [2.24, 2.45) is 0 Å². The molecule has 0 heterocycles. The number of nitriles is 1. The van der Waals surface area contributed by atoms with Crippen molar-refractivity contribution >= 4 is 22.4 Å². The summed E-state index contributed by atoms with van der Waals surface area (Å²) in [5, 5.41) is 9.03. The van der Waals surface area contributed by atoms with E-state index in [1.54, 1.807) is 6.07 Å². The van der Waals surface area contributed by atoms with E-state index in [1.165, 1.54) is 5.56 Å². The summed E-state index contributed by atoms with van der Waals surface area (Å²) in [6, 6.07) is 17.1. The second-order valence-corrected chi connectivity index (χ2v) is 8.05. The Morgan fingerprint density at radius 3 is 2.41 bits per heavy atom. The Bertz CT molecular complexity index is 862. The smallest absolute Gasteiger partial charge is 0.209 e. The van der Waals surface area contributed by atoms with E-state index in [4.69, 9.17) is 10.00 Å². The molecule has 27 heavy (non-hydrogen) atoms. The lowest BCUT2D eigenvalue weighted by atomic mass is 10.0. The largest absolute Gasteiger partial charge is 0.492 e. The molecule has 0 unspecified atom stereocenters. The molecule has 1 N–H and O–H groups in total. The molecule has 0 saturated heterocycles. The first-order valence-corrected chi connectivity index (χ1v) is 10.5. The number of nitrogens with zero attached hydrogens (tertiary/aromatic N) is 1. The van der Waals surface area contributed by atoms with Crippen LogP contribution >= 0.6 is 12.4 Å². The molecule has 2 aromatic rings. The summed E-state index contributed by atoms with van der Waals surface area (Å²) in [5.41, 5.74) is 2.70. The number of benzene rings is 2. The van der Waals surface area contributed by atoms with Crippen molar-refractivity contribution in [1.82, 2.24) is 4.72 Å². The van der Waals surface area contributed by atoms with E-state index in [0.29, 0.717) is 17.9 Å². The summed E-state index contributed by atoms with van der Waals surface area (Å²) in [5.74, 6) is 0.631. The molecule has 0 radical (unpaired) electrons. The maximum Gasteiger partial charge on any atom is 0.209 e. The summed E-state index contributed by atoms with van der Waals surface area (Å²) in [6.07, 6.45) is 3.96. The predicted octanol–water partition coefficient (Wildman–Crippen LogP) is 3.99. The number of unbranched alkanes of at least 4 members (excludes halogenated alkanes) is 1. The van der Waals surface area contributed by atoms with Crippen molar-refractivity contribution in [3.8, 4) is 11.8 Å². The molecule has 0 aliphatic carbocycles. The van der Waals surface area contributed by atoms with Crippen LogP contribution in [0.4, 0.5) is 0 Å². The molecule has 146 valence electrons. The van der Waals surface area contributed by atoms with Crippen LogP contribution in [0.25, 0.3) is 0 Å². The summed E-state index contributed by atoms with van der Waals surface area (Å²) in [7, 11) is -3.21. The third kappa shape index (κ3) is 8.00. The number of halogens is 1. The molecular formula is C20H25ClN2O3S. The van der Waals surface area contributed by atoms with Crippen LogP contribution in [0.5, 0.6) is 5.75 Å². The second kappa shape index (κ2) is 10.9. The van der Waals surface area contributed by atoms with Crippen LogP contribution in [-0.2, 0) is 16.4 Å². The highest BCUT2D eigenvalue weighted by molar-refractivity contribution is 7.88. The molecule has 0 fully saturated rings. The second-order valence-electron chi connectivity index (χ2n) is 6.27. The van der Waals surface area contributed by atoms with Gasteiger partial charge in [-0.1, -0.05) is 36.4 Å². The third-order valence-corrected chi connectivity index (χ3v) is 4.78. The van der Waals surface area contributed by atoms with Gasteiger partial charge >= 0.3 is 0 Å². The Balaban J connectivity index is 0.00000364. The predicted molar refractivity (Wildman–Crippen MR) is 110 cm³/mol. The van der Waals surface area contributed by atoms with Gasteiger partial charge in [0, 0.05) is 6.04 Å². The van der Waals surface area contributed by atoms with Crippen LogP contribution in [0, 0.1) is 11.3 Å². The van der Waals surface area contributed by atoms with Crippen LogP contribution in [0.1, 0.15) is 42.5 Å². The summed E-state index contributed by atoms with van der Waals surface area (Å²) >= 11 is 0. The Morgan fingerprint density at radius 1 is 1.11 bits per heavy atom. The van der Waals surface area contributed by atoms with Crippen LogP contribution < -0.4 is 9.46 Å². The normalized spacial score (nSPS) is 11.9. The molecule has 1 atom stereocenters. The molecule has 0 aromatic heterocycles. The number of aryl methyl sites for hydroxylation is 1. The van der Waals surface area contributed by atoms with E-state index in [0.717, 1.165) is 31.1 Å². The summed E-state index contributed by atoms with van der Waals surface area (Å²) in [6.45, 7) is 2.40. The van der Waals surface area contributed by atoms with E-state index in [1.807, 2.05) is 49.4 Å². The van der Waals surface area contributed by atoms with Crippen LogP contribution in [-0.4, -0.2) is 21.3 Å². The molecule has 0 bridgehead atoms. The zero-order chi connectivity index (χ0) is 19.0. The molecule has 2 aromatic carbocycles. The minimum atomic E-state index is -3.21. The first-order chi connectivity index (χ1) is 12.4. The van der Waals surface area contributed by atoms with Gasteiger partial charge in [0.05, 0.1) is 18.4 Å².